The second kappa shape index (κ2) is 3.75. The highest BCUT2D eigenvalue weighted by molar-refractivity contribution is 5.77. The number of carbonyl (C=O) groups is 1. The van der Waals surface area contributed by atoms with Gasteiger partial charge in [-0.1, -0.05) is 20.8 Å². The highest BCUT2D eigenvalue weighted by Crippen LogP contribution is 2.61. The molecule has 0 aromatic heterocycles. The van der Waals surface area contributed by atoms with E-state index in [9.17, 15) is 4.79 Å². The number of rotatable bonds is 3. The van der Waals surface area contributed by atoms with Crippen LogP contribution in [0.1, 0.15) is 59.8 Å². The molecule has 3 atom stereocenters. The largest absolute Gasteiger partial charge is 0.350 e. The summed E-state index contributed by atoms with van der Waals surface area (Å²) in [6.07, 6.45) is 5.59. The Morgan fingerprint density at radius 2 is 1.88 bits per heavy atom. The van der Waals surface area contributed by atoms with Crippen LogP contribution < -0.4 is 5.32 Å². The number of nitrogens with one attached hydrogen (secondary N) is 1. The monoisotopic (exact) mass is 223 g/mol. The molecule has 2 aliphatic carbocycles. The van der Waals surface area contributed by atoms with Gasteiger partial charge in [-0.3, -0.25) is 4.79 Å². The Hall–Kier alpha value is -0.530. The Labute approximate surface area is 99.2 Å². The molecule has 0 saturated heterocycles. The van der Waals surface area contributed by atoms with Crippen molar-refractivity contribution in [2.75, 3.05) is 0 Å². The van der Waals surface area contributed by atoms with Crippen LogP contribution in [0, 0.1) is 17.3 Å². The summed E-state index contributed by atoms with van der Waals surface area (Å²) in [6, 6.07) is 0. The Kier molecular flexibility index (Phi) is 2.80. The Morgan fingerprint density at radius 3 is 2.38 bits per heavy atom. The highest BCUT2D eigenvalue weighted by Gasteiger charge is 2.60. The van der Waals surface area contributed by atoms with E-state index in [0.717, 1.165) is 12.3 Å². The van der Waals surface area contributed by atoms with Crippen molar-refractivity contribution in [3.05, 3.63) is 0 Å². The molecular weight excluding hydrogens is 198 g/mol. The molecular formula is C14H25NO. The quantitative estimate of drug-likeness (QED) is 0.782. The Morgan fingerprint density at radius 1 is 1.25 bits per heavy atom. The van der Waals surface area contributed by atoms with E-state index in [2.05, 4.69) is 33.0 Å². The minimum Gasteiger partial charge on any atom is -0.350 e. The first-order valence-electron chi connectivity index (χ1n) is 6.73. The number of hydrogen-bond acceptors (Lipinski definition) is 1. The van der Waals surface area contributed by atoms with Gasteiger partial charge in [0, 0.05) is 12.0 Å². The third-order valence-corrected chi connectivity index (χ3v) is 5.48. The van der Waals surface area contributed by atoms with Gasteiger partial charge in [-0.05, 0) is 49.9 Å². The van der Waals surface area contributed by atoms with Gasteiger partial charge in [0.05, 0.1) is 0 Å². The van der Waals surface area contributed by atoms with E-state index in [1.807, 2.05) is 0 Å². The average molecular weight is 223 g/mol. The van der Waals surface area contributed by atoms with Crippen LogP contribution in [-0.2, 0) is 4.79 Å². The number of amides is 1. The summed E-state index contributed by atoms with van der Waals surface area (Å²) in [4.78, 5) is 11.9. The van der Waals surface area contributed by atoms with E-state index >= 15 is 0 Å². The van der Waals surface area contributed by atoms with Crippen LogP contribution in [0.4, 0.5) is 0 Å². The first-order chi connectivity index (χ1) is 7.41. The van der Waals surface area contributed by atoms with Crippen molar-refractivity contribution in [3.8, 4) is 0 Å². The van der Waals surface area contributed by atoms with E-state index in [-0.39, 0.29) is 16.9 Å². The molecule has 0 radical (unpaired) electrons. The maximum Gasteiger partial charge on any atom is 0.220 e. The standard InChI is InChI=1S/C14H25NO/c1-5-6-12(16)15-14(4)11-8-7-10(9-11)13(14,2)3/h10-11H,5-9H2,1-4H3,(H,15,16)/t10-,11-,14+/m0/s1. The minimum atomic E-state index is 0.0299. The summed E-state index contributed by atoms with van der Waals surface area (Å²) in [6.45, 7) is 9.00. The van der Waals surface area contributed by atoms with Gasteiger partial charge in [0.1, 0.15) is 0 Å². The van der Waals surface area contributed by atoms with Crippen LogP contribution in [0.15, 0.2) is 0 Å². The molecule has 0 unspecified atom stereocenters. The molecule has 2 saturated carbocycles. The van der Waals surface area contributed by atoms with Crippen molar-refractivity contribution in [3.63, 3.8) is 0 Å². The molecule has 0 aromatic carbocycles. The van der Waals surface area contributed by atoms with Crippen molar-refractivity contribution in [1.82, 2.24) is 5.32 Å². The molecule has 92 valence electrons. The van der Waals surface area contributed by atoms with Crippen molar-refractivity contribution in [2.24, 2.45) is 17.3 Å². The van der Waals surface area contributed by atoms with E-state index in [1.165, 1.54) is 19.3 Å². The van der Waals surface area contributed by atoms with Crippen LogP contribution >= 0.6 is 0 Å². The lowest BCUT2D eigenvalue weighted by molar-refractivity contribution is -0.125. The lowest BCUT2D eigenvalue weighted by atomic mass is 9.64. The van der Waals surface area contributed by atoms with Gasteiger partial charge in [0.25, 0.3) is 0 Å². The normalized spacial score (nSPS) is 40.0. The van der Waals surface area contributed by atoms with Crippen molar-refractivity contribution in [2.45, 2.75) is 65.3 Å². The molecule has 2 aliphatic rings. The first-order valence-corrected chi connectivity index (χ1v) is 6.73. The summed E-state index contributed by atoms with van der Waals surface area (Å²) in [7, 11) is 0. The first kappa shape index (κ1) is 11.9. The van der Waals surface area contributed by atoms with Gasteiger partial charge in [-0.2, -0.15) is 0 Å². The molecule has 2 nitrogen and oxygen atoms in total. The highest BCUT2D eigenvalue weighted by atomic mass is 16.1. The molecule has 0 aliphatic heterocycles. The zero-order chi connectivity index (χ0) is 12.0. The predicted octanol–water partition coefficient (Wildman–Crippen LogP) is 3.12. The van der Waals surface area contributed by atoms with Crippen LogP contribution in [0.2, 0.25) is 0 Å². The molecule has 2 bridgehead atoms. The number of fused-ring (bicyclic) bond motifs is 2. The third-order valence-electron chi connectivity index (χ3n) is 5.48. The molecule has 1 amide bonds. The predicted molar refractivity (Wildman–Crippen MR) is 66.1 cm³/mol. The summed E-state index contributed by atoms with van der Waals surface area (Å²) >= 11 is 0. The van der Waals surface area contributed by atoms with Crippen LogP contribution in [0.3, 0.4) is 0 Å². The van der Waals surface area contributed by atoms with Crippen molar-refractivity contribution < 1.29 is 4.79 Å². The fourth-order valence-corrected chi connectivity index (χ4v) is 3.95. The van der Waals surface area contributed by atoms with Crippen LogP contribution in [-0.4, -0.2) is 11.4 Å². The second-order valence-corrected chi connectivity index (χ2v) is 6.43. The maximum absolute atomic E-state index is 11.9. The van der Waals surface area contributed by atoms with E-state index < -0.39 is 0 Å². The van der Waals surface area contributed by atoms with E-state index in [0.29, 0.717) is 12.3 Å². The maximum atomic E-state index is 11.9. The number of carbonyl (C=O) groups excluding carboxylic acids is 1. The molecule has 16 heavy (non-hydrogen) atoms. The summed E-state index contributed by atoms with van der Waals surface area (Å²) < 4.78 is 0. The lowest BCUT2D eigenvalue weighted by Crippen LogP contribution is -2.59. The topological polar surface area (TPSA) is 29.1 Å². The van der Waals surface area contributed by atoms with E-state index in [4.69, 9.17) is 0 Å². The fraction of sp³-hybridized carbons (Fsp3) is 0.929. The lowest BCUT2D eigenvalue weighted by Gasteiger charge is -2.48. The van der Waals surface area contributed by atoms with Gasteiger partial charge in [-0.15, -0.1) is 0 Å². The SMILES string of the molecule is CCCC(=O)N[C@]1(C)[C@H]2CC[C@@H](C2)C1(C)C. The van der Waals surface area contributed by atoms with Crippen molar-refractivity contribution >= 4 is 5.91 Å². The van der Waals surface area contributed by atoms with Gasteiger partial charge < -0.3 is 5.32 Å². The van der Waals surface area contributed by atoms with Crippen LogP contribution in [0.5, 0.6) is 0 Å². The summed E-state index contributed by atoms with van der Waals surface area (Å²) in [5.41, 5.74) is 0.293. The molecule has 1 N–H and O–H groups in total. The Bertz CT molecular complexity index is 297. The summed E-state index contributed by atoms with van der Waals surface area (Å²) in [5.74, 6) is 1.75. The fourth-order valence-electron chi connectivity index (χ4n) is 3.95. The third kappa shape index (κ3) is 1.49. The molecule has 2 rings (SSSR count). The van der Waals surface area contributed by atoms with Gasteiger partial charge in [0.15, 0.2) is 0 Å². The van der Waals surface area contributed by atoms with Gasteiger partial charge in [-0.25, -0.2) is 0 Å². The molecule has 2 heteroatoms. The number of hydrogen-bond donors (Lipinski definition) is 1. The molecule has 0 aromatic rings. The minimum absolute atomic E-state index is 0.0299. The molecule has 0 spiro atoms. The summed E-state index contributed by atoms with van der Waals surface area (Å²) in [5, 5.41) is 3.34. The zero-order valence-corrected chi connectivity index (χ0v) is 11.1. The van der Waals surface area contributed by atoms with Crippen LogP contribution in [0.25, 0.3) is 0 Å². The second-order valence-electron chi connectivity index (χ2n) is 6.43. The van der Waals surface area contributed by atoms with E-state index in [1.54, 1.807) is 0 Å². The van der Waals surface area contributed by atoms with Crippen molar-refractivity contribution in [1.29, 1.82) is 0 Å². The average Bonchev–Trinajstić information content (AvgIpc) is 2.70. The molecule has 2 fully saturated rings. The van der Waals surface area contributed by atoms with Gasteiger partial charge in [0.2, 0.25) is 5.91 Å². The smallest absolute Gasteiger partial charge is 0.220 e. The zero-order valence-electron chi connectivity index (χ0n) is 11.1. The molecule has 0 heterocycles. The Balaban J connectivity index is 2.14. The van der Waals surface area contributed by atoms with Gasteiger partial charge >= 0.3 is 0 Å².